The minimum atomic E-state index is -0.635. The summed E-state index contributed by atoms with van der Waals surface area (Å²) in [5.74, 6) is -0.610. The summed E-state index contributed by atoms with van der Waals surface area (Å²) in [6.07, 6.45) is 15.4. The molecule has 0 aliphatic heterocycles. The van der Waals surface area contributed by atoms with Crippen LogP contribution in [-0.2, 0) is 14.3 Å². The minimum absolute atomic E-state index is 0.0451. The molecule has 1 saturated carbocycles. The minimum Gasteiger partial charge on any atom is -0.463 e. The third-order valence-electron chi connectivity index (χ3n) is 5.58. The molecule has 30 heavy (non-hydrogen) atoms. The molecule has 0 amide bonds. The zero-order chi connectivity index (χ0) is 22.4. The van der Waals surface area contributed by atoms with E-state index in [9.17, 15) is 19.8 Å². The number of carbonyl (C=O) groups excluding carboxylic acids is 2. The van der Waals surface area contributed by atoms with Gasteiger partial charge in [-0.25, -0.2) is 0 Å². The number of hydrogen-bond donors (Lipinski definition) is 2. The molecule has 0 aromatic rings. The lowest BCUT2D eigenvalue weighted by Gasteiger charge is -2.17. The van der Waals surface area contributed by atoms with E-state index in [2.05, 4.69) is 6.92 Å². The molecule has 2 N–H and O–H groups in total. The van der Waals surface area contributed by atoms with Crippen molar-refractivity contribution in [2.75, 3.05) is 0 Å². The molecule has 0 bridgehead atoms. The summed E-state index contributed by atoms with van der Waals surface area (Å²) in [5, 5.41) is 20.4. The van der Waals surface area contributed by atoms with Gasteiger partial charge < -0.3 is 14.9 Å². The Bertz CT molecular complexity index is 552. The van der Waals surface area contributed by atoms with E-state index in [1.54, 1.807) is 12.2 Å². The molecule has 1 aliphatic rings. The fourth-order valence-electron chi connectivity index (χ4n) is 3.88. The molecule has 5 nitrogen and oxygen atoms in total. The number of ether oxygens (including phenoxy) is 1. The summed E-state index contributed by atoms with van der Waals surface area (Å²) in [5.41, 5.74) is 0. The summed E-state index contributed by atoms with van der Waals surface area (Å²) in [6, 6.07) is 0. The van der Waals surface area contributed by atoms with Crippen molar-refractivity contribution in [3.63, 3.8) is 0 Å². The van der Waals surface area contributed by atoms with Crippen molar-refractivity contribution in [1.82, 2.24) is 0 Å². The van der Waals surface area contributed by atoms with Gasteiger partial charge in [-0.05, 0) is 39.5 Å². The normalized spacial score (nSPS) is 23.1. The Morgan fingerprint density at radius 1 is 1.17 bits per heavy atom. The fraction of sp³-hybridized carbons (Fsp3) is 0.760. The van der Waals surface area contributed by atoms with E-state index in [1.807, 2.05) is 26.0 Å². The summed E-state index contributed by atoms with van der Waals surface area (Å²) in [4.78, 5) is 23.8. The van der Waals surface area contributed by atoms with Gasteiger partial charge in [0.1, 0.15) is 5.78 Å². The highest BCUT2D eigenvalue weighted by molar-refractivity contribution is 5.86. The Morgan fingerprint density at radius 2 is 1.90 bits per heavy atom. The standard InChI is InChI=1S/C25H42O5/c1-4-5-6-7-10-13-20(26)16-17-22-21(23(27)18-24(22)28)14-11-8-9-12-15-25(29)30-19(2)3/h8,11,16-17,19-23,26-27H,4-7,9-10,12-15,18H2,1-3H3/b11-8-,17-16+/t20-,21+,22+,23-/m0/s1. The Hall–Kier alpha value is -1.46. The number of carbonyl (C=O) groups is 2. The molecule has 4 atom stereocenters. The average Bonchev–Trinajstić information content (AvgIpc) is 2.94. The molecule has 1 rings (SSSR count). The second-order valence-electron chi connectivity index (χ2n) is 8.72. The molecule has 0 aromatic carbocycles. The second kappa shape index (κ2) is 15.4. The Labute approximate surface area is 182 Å². The van der Waals surface area contributed by atoms with Gasteiger partial charge in [0.2, 0.25) is 0 Å². The predicted molar refractivity (Wildman–Crippen MR) is 120 cm³/mol. The number of esters is 1. The van der Waals surface area contributed by atoms with Crippen molar-refractivity contribution >= 4 is 11.8 Å². The van der Waals surface area contributed by atoms with E-state index in [-0.39, 0.29) is 36.1 Å². The molecule has 5 heteroatoms. The van der Waals surface area contributed by atoms with Crippen LogP contribution in [0.1, 0.15) is 91.4 Å². The lowest BCUT2D eigenvalue weighted by atomic mass is 9.90. The third kappa shape index (κ3) is 11.1. The first-order valence-electron chi connectivity index (χ1n) is 11.8. The maximum absolute atomic E-state index is 12.3. The van der Waals surface area contributed by atoms with Crippen LogP contribution in [0.25, 0.3) is 0 Å². The monoisotopic (exact) mass is 422 g/mol. The average molecular weight is 423 g/mol. The SMILES string of the molecule is CCCCCCC[C@H](O)/C=C/[C@H]1C(=O)C[C@H](O)[C@@H]1C/C=C\CCCC(=O)OC(C)C. The van der Waals surface area contributed by atoms with E-state index in [4.69, 9.17) is 4.74 Å². The van der Waals surface area contributed by atoms with E-state index >= 15 is 0 Å². The predicted octanol–water partition coefficient (Wildman–Crippen LogP) is 4.90. The van der Waals surface area contributed by atoms with Crippen molar-refractivity contribution in [2.24, 2.45) is 11.8 Å². The molecule has 0 saturated heterocycles. The van der Waals surface area contributed by atoms with Gasteiger partial charge in [0.15, 0.2) is 0 Å². The van der Waals surface area contributed by atoms with Gasteiger partial charge in [0.05, 0.1) is 18.3 Å². The van der Waals surface area contributed by atoms with Crippen molar-refractivity contribution in [2.45, 2.75) is 110 Å². The van der Waals surface area contributed by atoms with Crippen LogP contribution >= 0.6 is 0 Å². The second-order valence-corrected chi connectivity index (χ2v) is 8.72. The third-order valence-corrected chi connectivity index (χ3v) is 5.58. The van der Waals surface area contributed by atoms with Crippen LogP contribution < -0.4 is 0 Å². The quantitative estimate of drug-likeness (QED) is 0.223. The largest absolute Gasteiger partial charge is 0.463 e. The van der Waals surface area contributed by atoms with Crippen LogP contribution in [0.15, 0.2) is 24.3 Å². The van der Waals surface area contributed by atoms with Crippen LogP contribution in [-0.4, -0.2) is 40.3 Å². The van der Waals surface area contributed by atoms with Crippen LogP contribution in [0.5, 0.6) is 0 Å². The van der Waals surface area contributed by atoms with Gasteiger partial charge in [-0.3, -0.25) is 9.59 Å². The first-order chi connectivity index (χ1) is 14.3. The molecule has 0 spiro atoms. The lowest BCUT2D eigenvalue weighted by molar-refractivity contribution is -0.147. The van der Waals surface area contributed by atoms with Gasteiger partial charge in [-0.2, -0.15) is 0 Å². The Morgan fingerprint density at radius 3 is 2.60 bits per heavy atom. The van der Waals surface area contributed by atoms with Crippen molar-refractivity contribution in [3.8, 4) is 0 Å². The first-order valence-corrected chi connectivity index (χ1v) is 11.8. The van der Waals surface area contributed by atoms with E-state index in [0.29, 0.717) is 19.3 Å². The molecular weight excluding hydrogens is 380 g/mol. The maximum atomic E-state index is 12.3. The number of ketones is 1. The number of hydrogen-bond acceptors (Lipinski definition) is 5. The number of Topliss-reactive ketones (excluding diaryl/α,β-unsaturated/α-hetero) is 1. The number of unbranched alkanes of at least 4 members (excludes halogenated alkanes) is 5. The fourth-order valence-corrected chi connectivity index (χ4v) is 3.88. The summed E-state index contributed by atoms with van der Waals surface area (Å²) >= 11 is 0. The zero-order valence-corrected chi connectivity index (χ0v) is 19.1. The van der Waals surface area contributed by atoms with Gasteiger partial charge in [0, 0.05) is 24.7 Å². The highest BCUT2D eigenvalue weighted by Crippen LogP contribution is 2.33. The van der Waals surface area contributed by atoms with Crippen molar-refractivity contribution in [3.05, 3.63) is 24.3 Å². The molecular formula is C25H42O5. The van der Waals surface area contributed by atoms with Gasteiger partial charge in [-0.15, -0.1) is 0 Å². The summed E-state index contributed by atoms with van der Waals surface area (Å²) < 4.78 is 5.10. The van der Waals surface area contributed by atoms with Crippen LogP contribution in [0.3, 0.4) is 0 Å². The van der Waals surface area contributed by atoms with E-state index in [0.717, 1.165) is 25.7 Å². The molecule has 1 fully saturated rings. The van der Waals surface area contributed by atoms with Gasteiger partial charge in [0.25, 0.3) is 0 Å². The van der Waals surface area contributed by atoms with Crippen LogP contribution in [0, 0.1) is 11.8 Å². The van der Waals surface area contributed by atoms with Gasteiger partial charge >= 0.3 is 5.97 Å². The van der Waals surface area contributed by atoms with Crippen LogP contribution in [0.2, 0.25) is 0 Å². The van der Waals surface area contributed by atoms with Gasteiger partial charge in [-0.1, -0.05) is 63.3 Å². The van der Waals surface area contributed by atoms with Crippen LogP contribution in [0.4, 0.5) is 0 Å². The van der Waals surface area contributed by atoms with E-state index in [1.165, 1.54) is 19.3 Å². The molecule has 172 valence electrons. The van der Waals surface area contributed by atoms with Crippen molar-refractivity contribution < 1.29 is 24.5 Å². The molecule has 1 aliphatic carbocycles. The number of allylic oxidation sites excluding steroid dienone is 3. The van der Waals surface area contributed by atoms with Crippen molar-refractivity contribution in [1.29, 1.82) is 0 Å². The molecule has 0 unspecified atom stereocenters. The highest BCUT2D eigenvalue weighted by atomic mass is 16.5. The maximum Gasteiger partial charge on any atom is 0.306 e. The van der Waals surface area contributed by atoms with E-state index < -0.39 is 12.2 Å². The number of aliphatic hydroxyl groups excluding tert-OH is 2. The summed E-state index contributed by atoms with van der Waals surface area (Å²) in [7, 11) is 0. The topological polar surface area (TPSA) is 83.8 Å². The Kier molecular flexibility index (Phi) is 13.6. The molecule has 0 aromatic heterocycles. The lowest BCUT2D eigenvalue weighted by Crippen LogP contribution is -2.19. The summed E-state index contributed by atoms with van der Waals surface area (Å²) in [6.45, 7) is 5.85. The highest BCUT2D eigenvalue weighted by Gasteiger charge is 2.39. The smallest absolute Gasteiger partial charge is 0.306 e. The number of aliphatic hydroxyl groups is 2. The molecule has 0 heterocycles. The first kappa shape index (κ1) is 26.6. The number of rotatable bonds is 15. The molecule has 0 radical (unpaired) electrons. The zero-order valence-electron chi connectivity index (χ0n) is 19.1. The Balaban J connectivity index is 2.38.